The van der Waals surface area contributed by atoms with Gasteiger partial charge in [0.15, 0.2) is 5.16 Å². The highest BCUT2D eigenvalue weighted by atomic mass is 35.5. The van der Waals surface area contributed by atoms with Gasteiger partial charge in [-0.2, -0.15) is 0 Å². The average Bonchev–Trinajstić information content (AvgIpc) is 2.81. The highest BCUT2D eigenvalue weighted by molar-refractivity contribution is 7.99. The second-order valence-corrected chi connectivity index (χ2v) is 8.38. The van der Waals surface area contributed by atoms with Crippen molar-refractivity contribution >= 4 is 45.9 Å². The SMILES string of the molecule is CCOCCCn1c(SCC(=O)Nc2cc(OC)cc(OC)c2)nc2cc(Cl)ccc2c1=O. The van der Waals surface area contributed by atoms with E-state index in [1.165, 1.54) is 11.8 Å². The van der Waals surface area contributed by atoms with Gasteiger partial charge < -0.3 is 19.5 Å². The predicted octanol–water partition coefficient (Wildman–Crippen LogP) is 4.22. The summed E-state index contributed by atoms with van der Waals surface area (Å²) in [6.07, 6.45) is 0.651. The first kappa shape index (κ1) is 24.9. The molecule has 176 valence electrons. The average molecular weight is 492 g/mol. The van der Waals surface area contributed by atoms with Crippen LogP contribution < -0.4 is 20.3 Å². The number of carbonyl (C=O) groups is 1. The van der Waals surface area contributed by atoms with E-state index >= 15 is 0 Å². The van der Waals surface area contributed by atoms with E-state index in [9.17, 15) is 9.59 Å². The maximum absolute atomic E-state index is 13.1. The van der Waals surface area contributed by atoms with Gasteiger partial charge in [0.25, 0.3) is 5.56 Å². The van der Waals surface area contributed by atoms with Gasteiger partial charge >= 0.3 is 0 Å². The number of halogens is 1. The fraction of sp³-hybridized carbons (Fsp3) is 0.348. The lowest BCUT2D eigenvalue weighted by molar-refractivity contribution is -0.113. The van der Waals surface area contributed by atoms with E-state index in [4.69, 9.17) is 25.8 Å². The van der Waals surface area contributed by atoms with Crippen LogP contribution in [-0.2, 0) is 16.1 Å². The first-order valence-corrected chi connectivity index (χ1v) is 11.7. The number of hydrogen-bond donors (Lipinski definition) is 1. The van der Waals surface area contributed by atoms with Crippen LogP contribution in [0.5, 0.6) is 11.5 Å². The molecule has 0 aliphatic heterocycles. The molecule has 1 aromatic heterocycles. The summed E-state index contributed by atoms with van der Waals surface area (Å²) < 4.78 is 17.5. The number of aromatic nitrogens is 2. The minimum absolute atomic E-state index is 0.0590. The van der Waals surface area contributed by atoms with Crippen LogP contribution >= 0.6 is 23.4 Å². The molecule has 0 saturated heterocycles. The van der Waals surface area contributed by atoms with Crippen LogP contribution in [-0.4, -0.2) is 48.6 Å². The van der Waals surface area contributed by atoms with Crippen molar-refractivity contribution in [3.63, 3.8) is 0 Å². The number of anilines is 1. The summed E-state index contributed by atoms with van der Waals surface area (Å²) in [6.45, 7) is 3.50. The number of carbonyl (C=O) groups excluding carboxylic acids is 1. The van der Waals surface area contributed by atoms with E-state index in [2.05, 4.69) is 10.3 Å². The van der Waals surface area contributed by atoms with E-state index in [-0.39, 0.29) is 17.2 Å². The number of ether oxygens (including phenoxy) is 3. The Balaban J connectivity index is 1.80. The summed E-state index contributed by atoms with van der Waals surface area (Å²) in [6, 6.07) is 10.1. The van der Waals surface area contributed by atoms with Crippen molar-refractivity contribution in [1.82, 2.24) is 9.55 Å². The van der Waals surface area contributed by atoms with Crippen LogP contribution in [0.2, 0.25) is 5.02 Å². The molecule has 0 aliphatic carbocycles. The Morgan fingerprint density at radius 3 is 2.55 bits per heavy atom. The maximum atomic E-state index is 13.1. The molecule has 0 spiro atoms. The van der Waals surface area contributed by atoms with Gasteiger partial charge in [0.1, 0.15) is 11.5 Å². The third-order valence-electron chi connectivity index (χ3n) is 4.72. The van der Waals surface area contributed by atoms with Crippen LogP contribution in [0.4, 0.5) is 5.69 Å². The van der Waals surface area contributed by atoms with Gasteiger partial charge in [-0.3, -0.25) is 14.2 Å². The Labute approximate surface area is 201 Å². The zero-order valence-corrected chi connectivity index (χ0v) is 20.3. The summed E-state index contributed by atoms with van der Waals surface area (Å²) in [5.74, 6) is 0.933. The molecule has 0 radical (unpaired) electrons. The molecule has 2 aromatic carbocycles. The molecule has 3 rings (SSSR count). The number of fused-ring (bicyclic) bond motifs is 1. The standard InChI is InChI=1S/C23H26ClN3O5S/c1-4-32-9-5-8-27-22(29)19-7-6-15(24)10-20(19)26-23(27)33-14-21(28)25-16-11-17(30-2)13-18(12-16)31-3/h6-7,10-13H,4-5,8-9,14H2,1-3H3,(H,25,28). The largest absolute Gasteiger partial charge is 0.497 e. The number of nitrogens with zero attached hydrogens (tertiary/aromatic N) is 2. The molecule has 3 aromatic rings. The second kappa shape index (κ2) is 11.9. The molecule has 1 N–H and O–H groups in total. The third kappa shape index (κ3) is 6.63. The lowest BCUT2D eigenvalue weighted by Gasteiger charge is -2.14. The summed E-state index contributed by atoms with van der Waals surface area (Å²) in [7, 11) is 3.08. The fourth-order valence-corrected chi connectivity index (χ4v) is 4.15. The number of benzene rings is 2. The molecule has 0 unspecified atom stereocenters. The molecule has 10 heteroatoms. The van der Waals surface area contributed by atoms with Crippen molar-refractivity contribution in [3.05, 3.63) is 51.8 Å². The summed E-state index contributed by atoms with van der Waals surface area (Å²) >= 11 is 7.28. The lowest BCUT2D eigenvalue weighted by atomic mass is 10.2. The minimum atomic E-state index is -0.253. The Bertz CT molecular complexity index is 1160. The molecule has 0 bridgehead atoms. The Kier molecular flexibility index (Phi) is 8.99. The van der Waals surface area contributed by atoms with Crippen molar-refractivity contribution in [1.29, 1.82) is 0 Å². The first-order chi connectivity index (χ1) is 15.9. The van der Waals surface area contributed by atoms with Crippen molar-refractivity contribution < 1.29 is 19.0 Å². The van der Waals surface area contributed by atoms with Crippen molar-refractivity contribution in [2.45, 2.75) is 25.0 Å². The quantitative estimate of drug-likeness (QED) is 0.244. The number of thioether (sulfide) groups is 1. The van der Waals surface area contributed by atoms with Crippen LogP contribution in [0.1, 0.15) is 13.3 Å². The molecular weight excluding hydrogens is 466 g/mol. The van der Waals surface area contributed by atoms with Gasteiger partial charge in [0, 0.05) is 48.7 Å². The summed E-state index contributed by atoms with van der Waals surface area (Å²) in [5, 5.41) is 4.24. The highest BCUT2D eigenvalue weighted by Crippen LogP contribution is 2.26. The summed E-state index contributed by atoms with van der Waals surface area (Å²) in [5.41, 5.74) is 0.867. The molecular formula is C23H26ClN3O5S. The molecule has 0 fully saturated rings. The van der Waals surface area contributed by atoms with Gasteiger partial charge in [-0.15, -0.1) is 0 Å². The topological polar surface area (TPSA) is 91.7 Å². The van der Waals surface area contributed by atoms with E-state index in [1.807, 2.05) is 6.92 Å². The van der Waals surface area contributed by atoms with Gasteiger partial charge in [0.05, 0.1) is 30.9 Å². The number of hydrogen-bond acceptors (Lipinski definition) is 7. The lowest BCUT2D eigenvalue weighted by Crippen LogP contribution is -2.25. The van der Waals surface area contributed by atoms with Gasteiger partial charge in [-0.1, -0.05) is 23.4 Å². The fourth-order valence-electron chi connectivity index (χ4n) is 3.16. The zero-order valence-electron chi connectivity index (χ0n) is 18.7. The second-order valence-electron chi connectivity index (χ2n) is 7.00. The smallest absolute Gasteiger partial charge is 0.262 e. The van der Waals surface area contributed by atoms with E-state index in [0.717, 1.165) is 0 Å². The van der Waals surface area contributed by atoms with Crippen LogP contribution in [0.25, 0.3) is 10.9 Å². The summed E-state index contributed by atoms with van der Waals surface area (Å²) in [4.78, 5) is 30.3. The minimum Gasteiger partial charge on any atom is -0.497 e. The van der Waals surface area contributed by atoms with E-state index in [0.29, 0.717) is 64.4 Å². The molecule has 1 amide bonds. The monoisotopic (exact) mass is 491 g/mol. The highest BCUT2D eigenvalue weighted by Gasteiger charge is 2.14. The molecule has 8 nitrogen and oxygen atoms in total. The molecule has 1 heterocycles. The van der Waals surface area contributed by atoms with Crippen molar-refractivity contribution in [2.24, 2.45) is 0 Å². The predicted molar refractivity (Wildman–Crippen MR) is 131 cm³/mol. The Hall–Kier alpha value is -2.75. The van der Waals surface area contributed by atoms with Gasteiger partial charge in [-0.25, -0.2) is 4.98 Å². The van der Waals surface area contributed by atoms with E-state index in [1.54, 1.807) is 55.2 Å². The first-order valence-electron chi connectivity index (χ1n) is 10.4. The number of rotatable bonds is 11. The van der Waals surface area contributed by atoms with Gasteiger partial charge in [-0.05, 0) is 31.5 Å². The molecule has 0 atom stereocenters. The Morgan fingerprint density at radius 1 is 1.15 bits per heavy atom. The maximum Gasteiger partial charge on any atom is 0.262 e. The normalized spacial score (nSPS) is 10.9. The number of amides is 1. The van der Waals surface area contributed by atoms with Crippen molar-refractivity contribution in [3.8, 4) is 11.5 Å². The zero-order chi connectivity index (χ0) is 23.8. The van der Waals surface area contributed by atoms with E-state index < -0.39 is 0 Å². The molecule has 0 saturated carbocycles. The third-order valence-corrected chi connectivity index (χ3v) is 5.94. The Morgan fingerprint density at radius 2 is 1.88 bits per heavy atom. The number of methoxy groups -OCH3 is 2. The molecule has 0 aliphatic rings. The van der Waals surface area contributed by atoms with Crippen LogP contribution in [0.3, 0.4) is 0 Å². The van der Waals surface area contributed by atoms with Gasteiger partial charge in [0.2, 0.25) is 5.91 Å². The van der Waals surface area contributed by atoms with Crippen LogP contribution in [0.15, 0.2) is 46.3 Å². The molecule has 33 heavy (non-hydrogen) atoms. The number of nitrogens with one attached hydrogen (secondary N) is 1. The van der Waals surface area contributed by atoms with Crippen LogP contribution in [0, 0.1) is 0 Å². The van der Waals surface area contributed by atoms with Crippen molar-refractivity contribution in [2.75, 3.05) is 38.5 Å².